The van der Waals surface area contributed by atoms with E-state index in [1.807, 2.05) is 19.1 Å². The van der Waals surface area contributed by atoms with Gasteiger partial charge in [0.05, 0.1) is 12.9 Å². The molecule has 0 aliphatic carbocycles. The molecule has 1 fully saturated rings. The highest BCUT2D eigenvalue weighted by molar-refractivity contribution is 7.89. The maximum Gasteiger partial charge on any atom is 0.214 e. The van der Waals surface area contributed by atoms with E-state index in [-0.39, 0.29) is 0 Å². The van der Waals surface area contributed by atoms with Crippen LogP contribution in [0.3, 0.4) is 0 Å². The summed E-state index contributed by atoms with van der Waals surface area (Å²) in [6, 6.07) is 8.21. The summed E-state index contributed by atoms with van der Waals surface area (Å²) in [5.41, 5.74) is 1.32. The van der Waals surface area contributed by atoms with Crippen LogP contribution < -0.4 is 4.74 Å². The highest BCUT2D eigenvalue weighted by Gasteiger charge is 2.25. The van der Waals surface area contributed by atoms with E-state index in [1.54, 1.807) is 11.4 Å². The van der Waals surface area contributed by atoms with Crippen LogP contribution in [0.25, 0.3) is 0 Å². The van der Waals surface area contributed by atoms with Gasteiger partial charge in [0.25, 0.3) is 0 Å². The fourth-order valence-corrected chi connectivity index (χ4v) is 4.62. The summed E-state index contributed by atoms with van der Waals surface area (Å²) >= 11 is 0. The van der Waals surface area contributed by atoms with E-state index in [9.17, 15) is 8.42 Å². The second-order valence-corrected chi connectivity index (χ2v) is 8.45. The first-order chi connectivity index (χ1) is 11.5. The van der Waals surface area contributed by atoms with E-state index in [1.165, 1.54) is 5.56 Å². The molecule has 0 bridgehead atoms. The van der Waals surface area contributed by atoms with Gasteiger partial charge < -0.3 is 9.64 Å². The summed E-state index contributed by atoms with van der Waals surface area (Å²) in [6.07, 6.45) is 3.81. The number of hydrogen-bond donors (Lipinski definition) is 0. The van der Waals surface area contributed by atoms with Crippen LogP contribution >= 0.6 is 0 Å². The lowest BCUT2D eigenvalue weighted by atomic mass is 10.1. The smallest absolute Gasteiger partial charge is 0.214 e. The van der Waals surface area contributed by atoms with Crippen LogP contribution in [0.1, 0.15) is 31.7 Å². The number of hydrogen-bond acceptors (Lipinski definition) is 4. The van der Waals surface area contributed by atoms with Crippen molar-refractivity contribution in [1.82, 2.24) is 9.21 Å². The third kappa shape index (κ3) is 5.76. The molecule has 1 heterocycles. The molecule has 2 rings (SSSR count). The number of aryl methyl sites for hydroxylation is 1. The second-order valence-electron chi connectivity index (χ2n) is 6.36. The summed E-state index contributed by atoms with van der Waals surface area (Å²) in [7, 11) is -1.37. The molecular formula is C18H30N2O3S. The van der Waals surface area contributed by atoms with Crippen molar-refractivity contribution in [1.29, 1.82) is 0 Å². The number of piperazine rings is 1. The molecule has 0 atom stereocenters. The number of nitrogens with zero attached hydrogens (tertiary/aromatic N) is 2. The van der Waals surface area contributed by atoms with E-state index in [4.69, 9.17) is 4.74 Å². The largest absolute Gasteiger partial charge is 0.497 e. The molecule has 0 radical (unpaired) electrons. The number of sulfonamides is 1. The molecule has 0 unspecified atom stereocenters. The van der Waals surface area contributed by atoms with E-state index in [0.29, 0.717) is 18.8 Å². The van der Waals surface area contributed by atoms with Crippen molar-refractivity contribution in [3.05, 3.63) is 29.8 Å². The van der Waals surface area contributed by atoms with E-state index in [0.717, 1.165) is 51.1 Å². The summed E-state index contributed by atoms with van der Waals surface area (Å²) in [4.78, 5) is 2.37. The van der Waals surface area contributed by atoms with Crippen molar-refractivity contribution in [3.63, 3.8) is 0 Å². The minimum Gasteiger partial charge on any atom is -0.497 e. The molecule has 136 valence electrons. The van der Waals surface area contributed by atoms with Gasteiger partial charge in [-0.2, -0.15) is 4.31 Å². The Hall–Kier alpha value is -1.11. The Bertz CT molecular complexity index is 579. The topological polar surface area (TPSA) is 49.9 Å². The number of unbranched alkanes of at least 4 members (excludes halogenated alkanes) is 1. The average molecular weight is 355 g/mol. The lowest BCUT2D eigenvalue weighted by Crippen LogP contribution is -2.49. The van der Waals surface area contributed by atoms with Crippen LogP contribution in [0, 0.1) is 0 Å². The lowest BCUT2D eigenvalue weighted by molar-refractivity contribution is 0.187. The van der Waals surface area contributed by atoms with Gasteiger partial charge >= 0.3 is 0 Å². The van der Waals surface area contributed by atoms with Gasteiger partial charge in [-0.1, -0.05) is 25.5 Å². The molecule has 6 heteroatoms. The lowest BCUT2D eigenvalue weighted by Gasteiger charge is -2.34. The van der Waals surface area contributed by atoms with Crippen LogP contribution in [0.2, 0.25) is 0 Å². The van der Waals surface area contributed by atoms with Crippen molar-refractivity contribution in [2.45, 2.75) is 32.6 Å². The van der Waals surface area contributed by atoms with Gasteiger partial charge in [0.2, 0.25) is 10.0 Å². The van der Waals surface area contributed by atoms with Crippen LogP contribution in [0.15, 0.2) is 24.3 Å². The predicted octanol–water partition coefficient (Wildman–Crippen LogP) is 2.38. The van der Waals surface area contributed by atoms with Crippen molar-refractivity contribution in [2.75, 3.05) is 45.6 Å². The van der Waals surface area contributed by atoms with Gasteiger partial charge in [-0.3, -0.25) is 0 Å². The molecule has 1 aromatic carbocycles. The summed E-state index contributed by atoms with van der Waals surface area (Å²) in [5.74, 6) is 1.18. The molecule has 1 aliphatic rings. The molecular weight excluding hydrogens is 324 g/mol. The highest BCUT2D eigenvalue weighted by atomic mass is 32.2. The van der Waals surface area contributed by atoms with Crippen LogP contribution in [0.5, 0.6) is 5.75 Å². The normalized spacial score (nSPS) is 17.1. The average Bonchev–Trinajstić information content (AvgIpc) is 2.61. The Labute approximate surface area is 146 Å². The van der Waals surface area contributed by atoms with Gasteiger partial charge in [-0.05, 0) is 43.5 Å². The third-order valence-corrected chi connectivity index (χ3v) is 6.54. The molecule has 0 spiro atoms. The maximum absolute atomic E-state index is 12.2. The van der Waals surface area contributed by atoms with Gasteiger partial charge in [-0.25, -0.2) is 8.42 Å². The van der Waals surface area contributed by atoms with Gasteiger partial charge in [0.1, 0.15) is 5.75 Å². The first kappa shape index (κ1) is 19.2. The Kier molecular flexibility index (Phi) is 7.52. The van der Waals surface area contributed by atoms with E-state index < -0.39 is 10.0 Å². The first-order valence-corrected chi connectivity index (χ1v) is 10.5. The zero-order chi connectivity index (χ0) is 17.4. The third-order valence-electron chi connectivity index (χ3n) is 4.58. The summed E-state index contributed by atoms with van der Waals surface area (Å²) < 4.78 is 31.2. The minimum absolute atomic E-state index is 0.293. The number of rotatable bonds is 9. The van der Waals surface area contributed by atoms with Crippen LogP contribution in [-0.2, 0) is 16.4 Å². The predicted molar refractivity (Wildman–Crippen MR) is 98.0 cm³/mol. The van der Waals surface area contributed by atoms with Gasteiger partial charge in [0, 0.05) is 26.2 Å². The van der Waals surface area contributed by atoms with Crippen molar-refractivity contribution >= 4 is 10.0 Å². The Morgan fingerprint density at radius 1 is 1.04 bits per heavy atom. The maximum atomic E-state index is 12.2. The van der Waals surface area contributed by atoms with Crippen molar-refractivity contribution < 1.29 is 13.2 Å². The number of benzene rings is 1. The van der Waals surface area contributed by atoms with Gasteiger partial charge in [-0.15, -0.1) is 0 Å². The number of ether oxygens (including phenoxy) is 1. The monoisotopic (exact) mass is 354 g/mol. The Morgan fingerprint density at radius 3 is 2.29 bits per heavy atom. The highest BCUT2D eigenvalue weighted by Crippen LogP contribution is 2.14. The standard InChI is InChI=1S/C18H30N2O3S/c1-3-4-16-24(21,22)20-14-12-19(13-15-20)11-5-6-17-7-9-18(23-2)10-8-17/h7-10H,3-6,11-16H2,1-2H3. The quantitative estimate of drug-likeness (QED) is 0.683. The SMILES string of the molecule is CCCCS(=O)(=O)N1CCN(CCCc2ccc(OC)cc2)CC1. The molecule has 0 aromatic heterocycles. The molecule has 1 aromatic rings. The van der Waals surface area contributed by atoms with E-state index >= 15 is 0 Å². The molecule has 0 amide bonds. The second kappa shape index (κ2) is 9.39. The summed E-state index contributed by atoms with van der Waals surface area (Å²) in [5, 5.41) is 0. The fourth-order valence-electron chi connectivity index (χ4n) is 2.99. The summed E-state index contributed by atoms with van der Waals surface area (Å²) in [6.45, 7) is 6.00. The molecule has 0 saturated carbocycles. The molecule has 0 N–H and O–H groups in total. The van der Waals surface area contributed by atoms with E-state index in [2.05, 4.69) is 17.0 Å². The van der Waals surface area contributed by atoms with Crippen LogP contribution in [-0.4, -0.2) is 63.2 Å². The van der Waals surface area contributed by atoms with Crippen molar-refractivity contribution in [2.24, 2.45) is 0 Å². The zero-order valence-corrected chi connectivity index (χ0v) is 15.7. The zero-order valence-electron chi connectivity index (χ0n) is 14.9. The molecule has 24 heavy (non-hydrogen) atoms. The fraction of sp³-hybridized carbons (Fsp3) is 0.667. The van der Waals surface area contributed by atoms with Crippen molar-refractivity contribution in [3.8, 4) is 5.75 Å². The van der Waals surface area contributed by atoms with Crippen LogP contribution in [0.4, 0.5) is 0 Å². The Balaban J connectivity index is 1.69. The molecule has 1 saturated heterocycles. The van der Waals surface area contributed by atoms with Gasteiger partial charge in [0.15, 0.2) is 0 Å². The Morgan fingerprint density at radius 2 is 1.71 bits per heavy atom. The minimum atomic E-state index is -3.04. The molecule has 1 aliphatic heterocycles. The first-order valence-electron chi connectivity index (χ1n) is 8.88. The number of methoxy groups -OCH3 is 1. The molecule has 5 nitrogen and oxygen atoms in total.